The first-order valence-corrected chi connectivity index (χ1v) is 7.28. The molecule has 0 aromatic heterocycles. The van der Waals surface area contributed by atoms with Crippen LogP contribution in [0, 0.1) is 0 Å². The second kappa shape index (κ2) is 7.13. The third-order valence-corrected chi connectivity index (χ3v) is 3.82. The minimum Gasteiger partial charge on any atom is -0.355 e. The van der Waals surface area contributed by atoms with Gasteiger partial charge in [-0.25, -0.2) is 0 Å². The first-order chi connectivity index (χ1) is 9.27. The van der Waals surface area contributed by atoms with E-state index >= 15 is 0 Å². The van der Waals surface area contributed by atoms with Gasteiger partial charge in [0.2, 0.25) is 5.91 Å². The third kappa shape index (κ3) is 4.23. The van der Waals surface area contributed by atoms with Gasteiger partial charge in [0, 0.05) is 6.54 Å². The summed E-state index contributed by atoms with van der Waals surface area (Å²) < 4.78 is 0. The van der Waals surface area contributed by atoms with Gasteiger partial charge >= 0.3 is 0 Å². The lowest BCUT2D eigenvalue weighted by Gasteiger charge is -2.15. The van der Waals surface area contributed by atoms with Gasteiger partial charge < -0.3 is 5.32 Å². The van der Waals surface area contributed by atoms with E-state index in [1.807, 2.05) is 37.3 Å². The smallest absolute Gasteiger partial charge is 0.227 e. The van der Waals surface area contributed by atoms with Crippen LogP contribution >= 0.6 is 0 Å². The minimum atomic E-state index is -0.0680. The summed E-state index contributed by atoms with van der Waals surface area (Å²) in [6.45, 7) is 2.73. The highest BCUT2D eigenvalue weighted by Crippen LogP contribution is 2.19. The number of hydrogen-bond donors (Lipinski definition) is 1. The molecule has 0 aliphatic heterocycles. The number of carbonyl (C=O) groups is 1. The Kier molecular flexibility index (Phi) is 5.20. The van der Waals surface area contributed by atoms with Crippen LogP contribution in [0.15, 0.2) is 42.0 Å². The van der Waals surface area contributed by atoms with E-state index < -0.39 is 0 Å². The number of nitrogens with one attached hydrogen (secondary N) is 1. The quantitative estimate of drug-likeness (QED) is 0.799. The van der Waals surface area contributed by atoms with Crippen LogP contribution in [-0.4, -0.2) is 12.5 Å². The minimum absolute atomic E-state index is 0.0680. The monoisotopic (exact) mass is 257 g/mol. The highest BCUT2D eigenvalue weighted by Gasteiger charge is 2.14. The third-order valence-electron chi connectivity index (χ3n) is 3.82. The van der Waals surface area contributed by atoms with Crippen LogP contribution in [0.25, 0.3) is 0 Å². The molecule has 0 heterocycles. The van der Waals surface area contributed by atoms with Crippen LogP contribution in [0.4, 0.5) is 0 Å². The molecule has 1 amide bonds. The molecule has 2 rings (SSSR count). The first-order valence-electron chi connectivity index (χ1n) is 7.28. The topological polar surface area (TPSA) is 29.1 Å². The van der Waals surface area contributed by atoms with Crippen molar-refractivity contribution in [2.45, 2.75) is 44.9 Å². The molecular weight excluding hydrogens is 234 g/mol. The molecule has 1 aliphatic carbocycles. The van der Waals surface area contributed by atoms with Gasteiger partial charge in [0.15, 0.2) is 0 Å². The van der Waals surface area contributed by atoms with E-state index in [4.69, 9.17) is 0 Å². The second-order valence-electron chi connectivity index (χ2n) is 5.28. The molecule has 1 aromatic rings. The standard InChI is InChI=1S/C17H23NO/c1-14(16-10-6-3-7-11-16)17(19)18-13-12-15-8-4-2-5-9-15/h3,6-8,10-11,14H,2,4-5,9,12-13H2,1H3,(H,18,19)/t14-/m1/s1. The molecule has 0 spiro atoms. The van der Waals surface area contributed by atoms with Crippen molar-refractivity contribution in [2.75, 3.05) is 6.54 Å². The van der Waals surface area contributed by atoms with E-state index in [0.29, 0.717) is 0 Å². The summed E-state index contributed by atoms with van der Waals surface area (Å²) in [6.07, 6.45) is 8.40. The number of amides is 1. The average Bonchev–Trinajstić information content (AvgIpc) is 2.48. The fraction of sp³-hybridized carbons (Fsp3) is 0.471. The van der Waals surface area contributed by atoms with Crippen molar-refractivity contribution in [3.05, 3.63) is 47.5 Å². The van der Waals surface area contributed by atoms with Gasteiger partial charge in [0.1, 0.15) is 0 Å². The van der Waals surface area contributed by atoms with Crippen LogP contribution in [0.2, 0.25) is 0 Å². The van der Waals surface area contributed by atoms with Crippen LogP contribution < -0.4 is 5.32 Å². The highest BCUT2D eigenvalue weighted by atomic mass is 16.1. The molecule has 2 heteroatoms. The van der Waals surface area contributed by atoms with Gasteiger partial charge in [-0.2, -0.15) is 0 Å². The Morgan fingerprint density at radius 1 is 1.26 bits per heavy atom. The number of hydrogen-bond acceptors (Lipinski definition) is 1. The maximum Gasteiger partial charge on any atom is 0.227 e. The Labute approximate surface area is 115 Å². The first kappa shape index (κ1) is 13.9. The second-order valence-corrected chi connectivity index (χ2v) is 5.28. The van der Waals surface area contributed by atoms with E-state index in [9.17, 15) is 4.79 Å². The van der Waals surface area contributed by atoms with Gasteiger partial charge in [-0.1, -0.05) is 42.0 Å². The zero-order valence-corrected chi connectivity index (χ0v) is 11.7. The molecular formula is C17H23NO. The molecule has 0 unspecified atom stereocenters. The summed E-state index contributed by atoms with van der Waals surface area (Å²) in [6, 6.07) is 9.95. The van der Waals surface area contributed by atoms with E-state index in [2.05, 4.69) is 11.4 Å². The van der Waals surface area contributed by atoms with Crippen LogP contribution in [0.1, 0.15) is 50.5 Å². The molecule has 1 aromatic carbocycles. The summed E-state index contributed by atoms with van der Waals surface area (Å²) in [4.78, 5) is 12.1. The van der Waals surface area contributed by atoms with Gasteiger partial charge in [0.25, 0.3) is 0 Å². The fourth-order valence-corrected chi connectivity index (χ4v) is 2.52. The molecule has 1 aliphatic rings. The maximum atomic E-state index is 12.1. The Balaban J connectivity index is 1.76. The lowest BCUT2D eigenvalue weighted by molar-refractivity contribution is -0.122. The van der Waals surface area contributed by atoms with Gasteiger partial charge in [-0.05, 0) is 44.6 Å². The predicted octanol–water partition coefficient (Wildman–Crippen LogP) is 3.80. The molecule has 19 heavy (non-hydrogen) atoms. The van der Waals surface area contributed by atoms with E-state index in [1.165, 1.54) is 31.3 Å². The molecule has 1 N–H and O–H groups in total. The molecule has 0 radical (unpaired) electrons. The van der Waals surface area contributed by atoms with Gasteiger partial charge in [-0.3, -0.25) is 4.79 Å². The largest absolute Gasteiger partial charge is 0.355 e. The molecule has 0 saturated heterocycles. The van der Waals surface area contributed by atoms with Gasteiger partial charge in [0.05, 0.1) is 5.92 Å². The Hall–Kier alpha value is -1.57. The zero-order valence-electron chi connectivity index (χ0n) is 11.7. The number of rotatable bonds is 5. The Morgan fingerprint density at radius 2 is 2.05 bits per heavy atom. The van der Waals surface area contributed by atoms with E-state index in [0.717, 1.165) is 18.5 Å². The van der Waals surface area contributed by atoms with Crippen molar-refractivity contribution in [3.63, 3.8) is 0 Å². The van der Waals surface area contributed by atoms with Crippen LogP contribution in [0.3, 0.4) is 0 Å². The fourth-order valence-electron chi connectivity index (χ4n) is 2.52. The Morgan fingerprint density at radius 3 is 2.74 bits per heavy atom. The summed E-state index contributed by atoms with van der Waals surface area (Å²) >= 11 is 0. The molecule has 0 fully saturated rings. The zero-order chi connectivity index (χ0) is 13.5. The number of benzene rings is 1. The number of allylic oxidation sites excluding steroid dienone is 1. The number of carbonyl (C=O) groups excluding carboxylic acids is 1. The van der Waals surface area contributed by atoms with Crippen molar-refractivity contribution < 1.29 is 4.79 Å². The average molecular weight is 257 g/mol. The summed E-state index contributed by atoms with van der Waals surface area (Å²) in [5.41, 5.74) is 2.59. The van der Waals surface area contributed by atoms with Gasteiger partial charge in [-0.15, -0.1) is 0 Å². The molecule has 102 valence electrons. The Bertz CT molecular complexity index is 436. The van der Waals surface area contributed by atoms with Crippen molar-refractivity contribution >= 4 is 5.91 Å². The maximum absolute atomic E-state index is 12.1. The molecule has 0 saturated carbocycles. The van der Waals surface area contributed by atoms with E-state index in [1.54, 1.807) is 0 Å². The highest BCUT2D eigenvalue weighted by molar-refractivity contribution is 5.83. The summed E-state index contributed by atoms with van der Waals surface area (Å²) in [5.74, 6) is 0.0594. The lowest BCUT2D eigenvalue weighted by Crippen LogP contribution is -2.29. The van der Waals surface area contributed by atoms with Crippen molar-refractivity contribution in [2.24, 2.45) is 0 Å². The van der Waals surface area contributed by atoms with Crippen molar-refractivity contribution in [1.82, 2.24) is 5.32 Å². The molecule has 1 atom stereocenters. The van der Waals surface area contributed by atoms with Crippen LogP contribution in [-0.2, 0) is 4.79 Å². The molecule has 0 bridgehead atoms. The van der Waals surface area contributed by atoms with Crippen LogP contribution in [0.5, 0.6) is 0 Å². The van der Waals surface area contributed by atoms with Crippen molar-refractivity contribution in [3.8, 4) is 0 Å². The van der Waals surface area contributed by atoms with Crippen molar-refractivity contribution in [1.29, 1.82) is 0 Å². The summed E-state index contributed by atoms with van der Waals surface area (Å²) in [5, 5.41) is 3.05. The molecule has 2 nitrogen and oxygen atoms in total. The summed E-state index contributed by atoms with van der Waals surface area (Å²) in [7, 11) is 0. The SMILES string of the molecule is C[C@@H](C(=O)NCCC1=CCCCC1)c1ccccc1. The van der Waals surface area contributed by atoms with E-state index in [-0.39, 0.29) is 11.8 Å². The predicted molar refractivity (Wildman–Crippen MR) is 79.0 cm³/mol. The normalized spacial score (nSPS) is 16.6. The lowest BCUT2D eigenvalue weighted by atomic mass is 9.97.